The van der Waals surface area contributed by atoms with Crippen molar-refractivity contribution in [2.75, 3.05) is 6.54 Å². The molecule has 0 saturated heterocycles. The number of hydrogen-bond donors (Lipinski definition) is 7. The molecule has 0 radical (unpaired) electrons. The van der Waals surface area contributed by atoms with Crippen molar-refractivity contribution in [3.8, 4) is 0 Å². The SMILES string of the molecule is CCC[C@H](NC(=O)[C@@H](NC(=O)CCCC(=O)O)[C@@H](C)CC)C(=O)N[C@@H](CC1CCCCC1)[C@@H](O)CC(=O)N[C@H](C(=O)NCC)C(C)C. The fourth-order valence-corrected chi connectivity index (χ4v) is 5.93. The molecule has 1 rings (SSSR count). The zero-order valence-electron chi connectivity index (χ0n) is 29.4. The molecule has 0 aromatic rings. The second-order valence-electron chi connectivity index (χ2n) is 13.3. The molecule has 1 saturated carbocycles. The summed E-state index contributed by atoms with van der Waals surface area (Å²) in [4.78, 5) is 76.0. The zero-order valence-corrected chi connectivity index (χ0v) is 29.4. The molecule has 7 N–H and O–H groups in total. The zero-order chi connectivity index (χ0) is 35.5. The van der Waals surface area contributed by atoms with Gasteiger partial charge in [-0.05, 0) is 43.9 Å². The maximum absolute atomic E-state index is 13.7. The van der Waals surface area contributed by atoms with Crippen molar-refractivity contribution in [1.82, 2.24) is 26.6 Å². The fraction of sp³-hybridized carbons (Fsp3) is 0.824. The first-order valence-electron chi connectivity index (χ1n) is 17.6. The summed E-state index contributed by atoms with van der Waals surface area (Å²) in [5.41, 5.74) is 0. The van der Waals surface area contributed by atoms with Crippen molar-refractivity contribution in [2.45, 2.75) is 155 Å². The van der Waals surface area contributed by atoms with Crippen molar-refractivity contribution >= 4 is 35.5 Å². The Morgan fingerprint density at radius 1 is 0.766 bits per heavy atom. The van der Waals surface area contributed by atoms with E-state index in [4.69, 9.17) is 5.11 Å². The van der Waals surface area contributed by atoms with Crippen molar-refractivity contribution < 1.29 is 39.0 Å². The van der Waals surface area contributed by atoms with Crippen LogP contribution >= 0.6 is 0 Å². The molecule has 6 atom stereocenters. The topological polar surface area (TPSA) is 203 Å². The molecule has 0 bridgehead atoms. The highest BCUT2D eigenvalue weighted by Gasteiger charge is 2.34. The molecule has 0 heterocycles. The van der Waals surface area contributed by atoms with Gasteiger partial charge in [0, 0.05) is 19.4 Å². The van der Waals surface area contributed by atoms with Crippen LogP contribution in [0.25, 0.3) is 0 Å². The van der Waals surface area contributed by atoms with Gasteiger partial charge in [-0.1, -0.05) is 79.6 Å². The maximum atomic E-state index is 13.7. The standard InChI is InChI=1S/C34H61N5O8/c1-7-14-24(36-34(47)31(22(6)8-2)38-27(41)17-13-18-29(43)44)32(45)37-25(19-23-15-11-10-12-16-23)26(40)20-28(42)39-30(21(4)5)33(46)35-9-3/h21-26,30-31,40H,7-20H2,1-6H3,(H,35,46)(H,36,47)(H,37,45)(H,38,41)(H,39,42)(H,43,44)/t22-,24-,25-,26-,30-,31-/m0/s1. The third-order valence-electron chi connectivity index (χ3n) is 8.93. The number of likely N-dealkylation sites (N-methyl/N-ethyl adjacent to an activating group) is 1. The lowest BCUT2D eigenvalue weighted by atomic mass is 9.83. The minimum atomic E-state index is -1.22. The summed E-state index contributed by atoms with van der Waals surface area (Å²) in [5, 5.41) is 34.1. The molecule has 1 fully saturated rings. The van der Waals surface area contributed by atoms with Crippen molar-refractivity contribution in [3.63, 3.8) is 0 Å². The quantitative estimate of drug-likeness (QED) is 0.0912. The Morgan fingerprint density at radius 2 is 1.40 bits per heavy atom. The average Bonchev–Trinajstić information content (AvgIpc) is 3.01. The number of aliphatic hydroxyl groups is 1. The summed E-state index contributed by atoms with van der Waals surface area (Å²) in [7, 11) is 0. The summed E-state index contributed by atoms with van der Waals surface area (Å²) < 4.78 is 0. The largest absolute Gasteiger partial charge is 0.481 e. The number of aliphatic carboxylic acids is 1. The van der Waals surface area contributed by atoms with E-state index in [1.165, 1.54) is 0 Å². The minimum absolute atomic E-state index is 0.0408. The monoisotopic (exact) mass is 667 g/mol. The summed E-state index contributed by atoms with van der Waals surface area (Å²) >= 11 is 0. The van der Waals surface area contributed by atoms with Crippen LogP contribution in [0.2, 0.25) is 0 Å². The predicted molar refractivity (Wildman–Crippen MR) is 179 cm³/mol. The van der Waals surface area contributed by atoms with Crippen LogP contribution in [0.5, 0.6) is 0 Å². The lowest BCUT2D eigenvalue weighted by Crippen LogP contribution is -2.58. The lowest BCUT2D eigenvalue weighted by Gasteiger charge is -2.32. The maximum Gasteiger partial charge on any atom is 0.303 e. The molecule has 1 aliphatic carbocycles. The third kappa shape index (κ3) is 16.0. The molecule has 270 valence electrons. The second kappa shape index (κ2) is 22.4. The Morgan fingerprint density at radius 3 is 1.96 bits per heavy atom. The summed E-state index contributed by atoms with van der Waals surface area (Å²) in [5.74, 6) is -3.42. The van der Waals surface area contributed by atoms with Gasteiger partial charge < -0.3 is 36.8 Å². The van der Waals surface area contributed by atoms with Gasteiger partial charge in [0.2, 0.25) is 29.5 Å². The normalized spacial score (nSPS) is 17.4. The van der Waals surface area contributed by atoms with E-state index in [1.807, 2.05) is 34.6 Å². The molecule has 13 heteroatoms. The van der Waals surface area contributed by atoms with Gasteiger partial charge >= 0.3 is 5.97 Å². The highest BCUT2D eigenvalue weighted by Crippen LogP contribution is 2.28. The molecule has 0 unspecified atom stereocenters. The Kier molecular flexibility index (Phi) is 19.9. The van der Waals surface area contributed by atoms with Gasteiger partial charge in [0.05, 0.1) is 18.6 Å². The van der Waals surface area contributed by atoms with Crippen LogP contribution in [-0.4, -0.2) is 82.5 Å². The number of hydrogen-bond acceptors (Lipinski definition) is 7. The fourth-order valence-electron chi connectivity index (χ4n) is 5.93. The van der Waals surface area contributed by atoms with Crippen LogP contribution in [0.15, 0.2) is 0 Å². The van der Waals surface area contributed by atoms with Crippen molar-refractivity contribution in [3.05, 3.63) is 0 Å². The van der Waals surface area contributed by atoms with Gasteiger partial charge in [0.25, 0.3) is 0 Å². The Labute approximate surface area is 280 Å². The predicted octanol–water partition coefficient (Wildman–Crippen LogP) is 2.54. The third-order valence-corrected chi connectivity index (χ3v) is 8.93. The van der Waals surface area contributed by atoms with Crippen LogP contribution in [0.4, 0.5) is 0 Å². The molecular formula is C34H61N5O8. The molecular weight excluding hydrogens is 606 g/mol. The summed E-state index contributed by atoms with van der Waals surface area (Å²) in [6.07, 6.45) is 5.49. The Hall–Kier alpha value is -3.22. The molecule has 5 amide bonds. The average molecular weight is 668 g/mol. The number of carbonyl (C=O) groups is 6. The van der Waals surface area contributed by atoms with E-state index >= 15 is 0 Å². The molecule has 0 aromatic heterocycles. The molecule has 0 spiro atoms. The highest BCUT2D eigenvalue weighted by molar-refractivity contribution is 5.92. The number of aliphatic hydroxyl groups excluding tert-OH is 1. The van der Waals surface area contributed by atoms with E-state index in [0.717, 1.165) is 32.1 Å². The van der Waals surface area contributed by atoms with Crippen LogP contribution in [0, 0.1) is 17.8 Å². The van der Waals surface area contributed by atoms with Crippen LogP contribution in [-0.2, 0) is 28.8 Å². The van der Waals surface area contributed by atoms with Crippen molar-refractivity contribution in [2.24, 2.45) is 17.8 Å². The minimum Gasteiger partial charge on any atom is -0.481 e. The van der Waals surface area contributed by atoms with E-state index in [-0.39, 0.29) is 49.3 Å². The molecule has 0 aromatic carbocycles. The van der Waals surface area contributed by atoms with Gasteiger partial charge in [0.1, 0.15) is 18.1 Å². The number of amides is 5. The summed E-state index contributed by atoms with van der Waals surface area (Å²) in [6, 6.07) is -3.38. The smallest absolute Gasteiger partial charge is 0.303 e. The van der Waals surface area contributed by atoms with Gasteiger partial charge in [-0.2, -0.15) is 0 Å². The Bertz CT molecular complexity index is 1020. The first-order valence-corrected chi connectivity index (χ1v) is 17.6. The number of carbonyl (C=O) groups excluding carboxylic acids is 5. The number of nitrogens with one attached hydrogen (secondary N) is 5. The van der Waals surface area contributed by atoms with Gasteiger partial charge in [-0.3, -0.25) is 28.8 Å². The number of carboxylic acid groups (broad SMARTS) is 1. The highest BCUT2D eigenvalue weighted by atomic mass is 16.4. The van der Waals surface area contributed by atoms with E-state index in [2.05, 4.69) is 26.6 Å². The Balaban J connectivity index is 3.08. The van der Waals surface area contributed by atoms with Gasteiger partial charge in [-0.25, -0.2) is 0 Å². The van der Waals surface area contributed by atoms with E-state index in [9.17, 15) is 33.9 Å². The molecule has 0 aliphatic heterocycles. The van der Waals surface area contributed by atoms with Crippen LogP contribution < -0.4 is 26.6 Å². The molecule has 13 nitrogen and oxygen atoms in total. The van der Waals surface area contributed by atoms with Gasteiger partial charge in [0.15, 0.2) is 0 Å². The van der Waals surface area contributed by atoms with Crippen LogP contribution in [0.3, 0.4) is 0 Å². The molecule has 1 aliphatic rings. The number of carboxylic acids is 1. The van der Waals surface area contributed by atoms with Crippen LogP contribution in [0.1, 0.15) is 125 Å². The van der Waals surface area contributed by atoms with E-state index < -0.39 is 59.9 Å². The first kappa shape index (κ1) is 41.8. The molecule has 47 heavy (non-hydrogen) atoms. The van der Waals surface area contributed by atoms with E-state index in [0.29, 0.717) is 32.2 Å². The van der Waals surface area contributed by atoms with E-state index in [1.54, 1.807) is 6.92 Å². The first-order chi connectivity index (χ1) is 22.2. The van der Waals surface area contributed by atoms with Crippen molar-refractivity contribution in [1.29, 1.82) is 0 Å². The van der Waals surface area contributed by atoms with Gasteiger partial charge in [-0.15, -0.1) is 0 Å². The number of rotatable bonds is 22. The summed E-state index contributed by atoms with van der Waals surface area (Å²) in [6.45, 7) is 11.4. The second-order valence-corrected chi connectivity index (χ2v) is 13.3. The lowest BCUT2D eigenvalue weighted by molar-refractivity contribution is -0.137.